The average molecular weight is 352 g/mol. The van der Waals surface area contributed by atoms with Crippen LogP contribution < -0.4 is 4.74 Å². The number of thioether (sulfide) groups is 2. The summed E-state index contributed by atoms with van der Waals surface area (Å²) < 4.78 is 6.26. The van der Waals surface area contributed by atoms with Crippen LogP contribution in [0.25, 0.3) is 0 Å². The fourth-order valence-corrected chi connectivity index (χ4v) is 5.78. The molecular formula is C18H25NO2S2. The second-order valence-corrected chi connectivity index (χ2v) is 9.14. The van der Waals surface area contributed by atoms with Crippen LogP contribution in [-0.4, -0.2) is 41.0 Å². The molecule has 1 aliphatic carbocycles. The Hall–Kier alpha value is -0.810. The van der Waals surface area contributed by atoms with Crippen molar-refractivity contribution in [2.45, 2.75) is 49.8 Å². The zero-order chi connectivity index (χ0) is 16.2. The SMILES string of the molecule is CC(C)N(C(=O)COc1ccc(C2SCCCS2)cc1)C1CC1. The summed E-state index contributed by atoms with van der Waals surface area (Å²) in [6.07, 6.45) is 3.58. The molecule has 3 nitrogen and oxygen atoms in total. The zero-order valence-corrected chi connectivity index (χ0v) is 15.5. The van der Waals surface area contributed by atoms with Gasteiger partial charge in [0, 0.05) is 12.1 Å². The summed E-state index contributed by atoms with van der Waals surface area (Å²) in [6, 6.07) is 8.95. The molecule has 1 heterocycles. The molecule has 5 heteroatoms. The Morgan fingerprint density at radius 1 is 1.22 bits per heavy atom. The van der Waals surface area contributed by atoms with E-state index < -0.39 is 0 Å². The van der Waals surface area contributed by atoms with E-state index in [4.69, 9.17) is 4.74 Å². The van der Waals surface area contributed by atoms with E-state index in [9.17, 15) is 4.79 Å². The van der Waals surface area contributed by atoms with Crippen LogP contribution in [0.4, 0.5) is 0 Å². The van der Waals surface area contributed by atoms with Gasteiger partial charge in [0.1, 0.15) is 5.75 Å². The van der Waals surface area contributed by atoms with Crippen molar-refractivity contribution < 1.29 is 9.53 Å². The molecule has 0 spiro atoms. The standard InChI is InChI=1S/C18H25NO2S2/c1-13(2)19(15-6-7-15)17(20)12-21-16-8-4-14(5-9-16)18-22-10-3-11-23-18/h4-5,8-9,13,15,18H,3,6-7,10-12H2,1-2H3. The van der Waals surface area contributed by atoms with Crippen molar-refractivity contribution in [1.82, 2.24) is 4.90 Å². The van der Waals surface area contributed by atoms with Crippen molar-refractivity contribution in [3.63, 3.8) is 0 Å². The largest absolute Gasteiger partial charge is 0.484 e. The molecule has 1 aromatic rings. The van der Waals surface area contributed by atoms with Crippen molar-refractivity contribution in [1.29, 1.82) is 0 Å². The molecule has 3 rings (SSSR count). The molecule has 0 bridgehead atoms. The molecule has 0 radical (unpaired) electrons. The maximum Gasteiger partial charge on any atom is 0.260 e. The minimum absolute atomic E-state index is 0.102. The highest BCUT2D eigenvalue weighted by molar-refractivity contribution is 8.16. The maximum atomic E-state index is 12.3. The molecule has 2 fully saturated rings. The smallest absolute Gasteiger partial charge is 0.260 e. The average Bonchev–Trinajstić information content (AvgIpc) is 3.39. The monoisotopic (exact) mass is 351 g/mol. The number of amides is 1. The number of benzene rings is 1. The quantitative estimate of drug-likeness (QED) is 0.763. The van der Waals surface area contributed by atoms with E-state index in [-0.39, 0.29) is 18.6 Å². The van der Waals surface area contributed by atoms with E-state index in [0.29, 0.717) is 10.6 Å². The molecule has 23 heavy (non-hydrogen) atoms. The Morgan fingerprint density at radius 3 is 2.43 bits per heavy atom. The second kappa shape index (κ2) is 7.84. The topological polar surface area (TPSA) is 29.5 Å². The van der Waals surface area contributed by atoms with E-state index in [1.54, 1.807) is 0 Å². The van der Waals surface area contributed by atoms with E-state index in [1.807, 2.05) is 40.6 Å². The van der Waals surface area contributed by atoms with E-state index in [1.165, 1.54) is 23.5 Å². The van der Waals surface area contributed by atoms with Crippen molar-refractivity contribution in [3.05, 3.63) is 29.8 Å². The summed E-state index contributed by atoms with van der Waals surface area (Å²) in [5.74, 6) is 3.38. The van der Waals surface area contributed by atoms with Gasteiger partial charge >= 0.3 is 0 Å². The first-order valence-electron chi connectivity index (χ1n) is 8.42. The van der Waals surface area contributed by atoms with Crippen LogP contribution in [0.2, 0.25) is 0 Å². The fraction of sp³-hybridized carbons (Fsp3) is 0.611. The van der Waals surface area contributed by atoms with E-state index in [0.717, 1.165) is 18.6 Å². The predicted molar refractivity (Wildman–Crippen MR) is 99.2 cm³/mol. The van der Waals surface area contributed by atoms with Gasteiger partial charge in [0.25, 0.3) is 5.91 Å². The van der Waals surface area contributed by atoms with Gasteiger partial charge in [0.05, 0.1) is 4.58 Å². The molecule has 0 unspecified atom stereocenters. The molecule has 0 atom stereocenters. The molecule has 0 N–H and O–H groups in total. The highest BCUT2D eigenvalue weighted by Crippen LogP contribution is 2.43. The lowest BCUT2D eigenvalue weighted by atomic mass is 10.2. The van der Waals surface area contributed by atoms with Gasteiger partial charge < -0.3 is 9.64 Å². The Bertz CT molecular complexity index is 520. The molecular weight excluding hydrogens is 326 g/mol. The third kappa shape index (κ3) is 4.60. The van der Waals surface area contributed by atoms with Gasteiger partial charge in [-0.25, -0.2) is 0 Å². The number of carbonyl (C=O) groups is 1. The molecule has 1 aromatic carbocycles. The fourth-order valence-electron chi connectivity index (χ4n) is 2.89. The number of hydrogen-bond donors (Lipinski definition) is 0. The Balaban J connectivity index is 1.52. The van der Waals surface area contributed by atoms with Gasteiger partial charge in [-0.2, -0.15) is 0 Å². The third-order valence-corrected chi connectivity index (χ3v) is 7.14. The predicted octanol–water partition coefficient (Wildman–Crippen LogP) is 4.33. The number of hydrogen-bond acceptors (Lipinski definition) is 4. The normalized spacial score (nSPS) is 18.9. The molecule has 1 amide bonds. The van der Waals surface area contributed by atoms with Gasteiger partial charge in [-0.15, -0.1) is 23.5 Å². The molecule has 126 valence electrons. The van der Waals surface area contributed by atoms with Crippen LogP contribution in [-0.2, 0) is 4.79 Å². The summed E-state index contributed by atoms with van der Waals surface area (Å²) >= 11 is 4.04. The number of ether oxygens (including phenoxy) is 1. The lowest BCUT2D eigenvalue weighted by Crippen LogP contribution is -2.41. The summed E-state index contributed by atoms with van der Waals surface area (Å²) in [5.41, 5.74) is 1.35. The van der Waals surface area contributed by atoms with Crippen molar-refractivity contribution in [2.75, 3.05) is 18.1 Å². The summed E-state index contributed by atoms with van der Waals surface area (Å²) in [7, 11) is 0. The molecule has 0 aromatic heterocycles. The van der Waals surface area contributed by atoms with Crippen LogP contribution in [0.1, 0.15) is 43.3 Å². The van der Waals surface area contributed by atoms with Crippen molar-refractivity contribution in [2.24, 2.45) is 0 Å². The zero-order valence-electron chi connectivity index (χ0n) is 13.9. The highest BCUT2D eigenvalue weighted by Gasteiger charge is 2.34. The van der Waals surface area contributed by atoms with Crippen LogP contribution >= 0.6 is 23.5 Å². The minimum Gasteiger partial charge on any atom is -0.484 e. The second-order valence-electron chi connectivity index (χ2n) is 6.41. The van der Waals surface area contributed by atoms with Crippen LogP contribution in [0.5, 0.6) is 5.75 Å². The van der Waals surface area contributed by atoms with Crippen LogP contribution in [0, 0.1) is 0 Å². The van der Waals surface area contributed by atoms with Gasteiger partial charge in [-0.3, -0.25) is 4.79 Å². The highest BCUT2D eigenvalue weighted by atomic mass is 32.2. The lowest BCUT2D eigenvalue weighted by molar-refractivity contribution is -0.135. The summed E-state index contributed by atoms with van der Waals surface area (Å²) in [4.78, 5) is 14.3. The van der Waals surface area contributed by atoms with Crippen molar-refractivity contribution >= 4 is 29.4 Å². The van der Waals surface area contributed by atoms with Crippen LogP contribution in [0.15, 0.2) is 24.3 Å². The number of rotatable bonds is 6. The number of carbonyl (C=O) groups excluding carboxylic acids is 1. The molecule has 1 saturated heterocycles. The summed E-state index contributed by atoms with van der Waals surface area (Å²) in [6.45, 7) is 4.29. The molecule has 1 saturated carbocycles. The first kappa shape index (κ1) is 17.0. The van der Waals surface area contributed by atoms with E-state index in [2.05, 4.69) is 26.0 Å². The number of nitrogens with zero attached hydrogens (tertiary/aromatic N) is 1. The Labute approximate surface area is 147 Å². The molecule has 1 aliphatic heterocycles. The van der Waals surface area contributed by atoms with E-state index >= 15 is 0 Å². The first-order valence-corrected chi connectivity index (χ1v) is 10.5. The van der Waals surface area contributed by atoms with Gasteiger partial charge in [-0.05, 0) is 62.3 Å². The minimum atomic E-state index is 0.102. The van der Waals surface area contributed by atoms with Crippen molar-refractivity contribution in [3.8, 4) is 5.75 Å². The van der Waals surface area contributed by atoms with Gasteiger partial charge in [-0.1, -0.05) is 12.1 Å². The molecule has 2 aliphatic rings. The lowest BCUT2D eigenvalue weighted by Gasteiger charge is -2.26. The Morgan fingerprint density at radius 2 is 1.87 bits per heavy atom. The van der Waals surface area contributed by atoms with Crippen LogP contribution in [0.3, 0.4) is 0 Å². The van der Waals surface area contributed by atoms with Gasteiger partial charge in [0.15, 0.2) is 6.61 Å². The summed E-state index contributed by atoms with van der Waals surface area (Å²) in [5, 5.41) is 0. The third-order valence-electron chi connectivity index (χ3n) is 4.13. The van der Waals surface area contributed by atoms with Gasteiger partial charge in [0.2, 0.25) is 0 Å². The maximum absolute atomic E-state index is 12.3. The Kier molecular flexibility index (Phi) is 5.81. The first-order chi connectivity index (χ1) is 11.1.